The fourth-order valence-electron chi connectivity index (χ4n) is 1.11. The van der Waals surface area contributed by atoms with E-state index in [1.807, 2.05) is 0 Å². The zero-order valence-electron chi connectivity index (χ0n) is 10.4. The first kappa shape index (κ1) is 14.9. The summed E-state index contributed by atoms with van der Waals surface area (Å²) in [7, 11) is 0. The molecule has 0 radical (unpaired) electrons. The van der Waals surface area contributed by atoms with Crippen molar-refractivity contribution in [1.82, 2.24) is 5.32 Å². The smallest absolute Gasteiger partial charge is 0.0590 e. The summed E-state index contributed by atoms with van der Waals surface area (Å²) >= 11 is 0. The van der Waals surface area contributed by atoms with Crippen LogP contribution in [0.1, 0.15) is 39.5 Å². The summed E-state index contributed by atoms with van der Waals surface area (Å²) < 4.78 is 10.8. The standard InChI is InChI=1S/C12H27NO2/c1-3-5-9-14-11-7-13-8-12-15-10-6-4-2/h13H,3-12H2,1-2H3. The highest BCUT2D eigenvalue weighted by atomic mass is 16.5. The van der Waals surface area contributed by atoms with Crippen LogP contribution in [0, 0.1) is 0 Å². The summed E-state index contributed by atoms with van der Waals surface area (Å²) in [4.78, 5) is 0. The quantitative estimate of drug-likeness (QED) is 0.508. The number of unbranched alkanes of at least 4 members (excludes halogenated alkanes) is 2. The first-order chi connectivity index (χ1) is 7.41. The molecular weight excluding hydrogens is 190 g/mol. The lowest BCUT2D eigenvalue weighted by molar-refractivity contribution is 0.118. The Hall–Kier alpha value is -0.120. The monoisotopic (exact) mass is 217 g/mol. The molecule has 0 aliphatic heterocycles. The molecule has 0 aromatic carbocycles. The van der Waals surface area contributed by atoms with Gasteiger partial charge in [-0.25, -0.2) is 0 Å². The van der Waals surface area contributed by atoms with Gasteiger partial charge in [-0.3, -0.25) is 0 Å². The summed E-state index contributed by atoms with van der Waals surface area (Å²) in [5.41, 5.74) is 0. The van der Waals surface area contributed by atoms with Crippen LogP contribution in [0.15, 0.2) is 0 Å². The molecule has 0 unspecified atom stereocenters. The van der Waals surface area contributed by atoms with Gasteiger partial charge in [-0.15, -0.1) is 0 Å². The molecule has 0 heterocycles. The van der Waals surface area contributed by atoms with Gasteiger partial charge in [0, 0.05) is 26.3 Å². The molecule has 0 amide bonds. The van der Waals surface area contributed by atoms with Crippen molar-refractivity contribution in [3.8, 4) is 0 Å². The number of hydrogen-bond acceptors (Lipinski definition) is 3. The minimum absolute atomic E-state index is 0.814. The second kappa shape index (κ2) is 13.9. The van der Waals surface area contributed by atoms with Crippen LogP contribution >= 0.6 is 0 Å². The Bertz CT molecular complexity index is 97.8. The molecule has 15 heavy (non-hydrogen) atoms. The lowest BCUT2D eigenvalue weighted by Crippen LogP contribution is -2.24. The van der Waals surface area contributed by atoms with E-state index < -0.39 is 0 Å². The van der Waals surface area contributed by atoms with Gasteiger partial charge < -0.3 is 14.8 Å². The lowest BCUT2D eigenvalue weighted by Gasteiger charge is -2.06. The minimum Gasteiger partial charge on any atom is -0.380 e. The summed E-state index contributed by atoms with van der Waals surface area (Å²) in [6.45, 7) is 9.63. The van der Waals surface area contributed by atoms with Crippen LogP contribution in [-0.2, 0) is 9.47 Å². The first-order valence-corrected chi connectivity index (χ1v) is 6.28. The first-order valence-electron chi connectivity index (χ1n) is 6.28. The van der Waals surface area contributed by atoms with Crippen LogP contribution in [0.2, 0.25) is 0 Å². The zero-order valence-corrected chi connectivity index (χ0v) is 10.4. The Morgan fingerprint density at radius 1 is 0.733 bits per heavy atom. The van der Waals surface area contributed by atoms with Crippen LogP contribution in [0.3, 0.4) is 0 Å². The van der Waals surface area contributed by atoms with Gasteiger partial charge >= 0.3 is 0 Å². The summed E-state index contributed by atoms with van der Waals surface area (Å²) in [5, 5.41) is 3.29. The minimum atomic E-state index is 0.814. The van der Waals surface area contributed by atoms with Crippen molar-refractivity contribution in [2.45, 2.75) is 39.5 Å². The van der Waals surface area contributed by atoms with Crippen molar-refractivity contribution in [3.63, 3.8) is 0 Å². The highest BCUT2D eigenvalue weighted by Crippen LogP contribution is 1.87. The van der Waals surface area contributed by atoms with E-state index in [1.165, 1.54) is 25.7 Å². The molecule has 0 rings (SSSR count). The molecule has 0 bridgehead atoms. The Labute approximate surface area is 94.5 Å². The average Bonchev–Trinajstić information content (AvgIpc) is 2.26. The predicted molar refractivity (Wildman–Crippen MR) is 64.3 cm³/mol. The van der Waals surface area contributed by atoms with Gasteiger partial charge in [-0.05, 0) is 12.8 Å². The Balaban J connectivity index is 2.81. The van der Waals surface area contributed by atoms with Crippen LogP contribution in [0.25, 0.3) is 0 Å². The van der Waals surface area contributed by atoms with Crippen molar-refractivity contribution in [1.29, 1.82) is 0 Å². The molecule has 1 N–H and O–H groups in total. The van der Waals surface area contributed by atoms with Crippen molar-refractivity contribution in [2.24, 2.45) is 0 Å². The molecule has 3 nitrogen and oxygen atoms in total. The largest absolute Gasteiger partial charge is 0.380 e. The van der Waals surface area contributed by atoms with Crippen LogP contribution in [0.4, 0.5) is 0 Å². The topological polar surface area (TPSA) is 30.5 Å². The zero-order chi connectivity index (χ0) is 11.2. The maximum absolute atomic E-state index is 5.42. The molecule has 0 aromatic heterocycles. The van der Waals surface area contributed by atoms with Crippen LogP contribution in [0.5, 0.6) is 0 Å². The van der Waals surface area contributed by atoms with E-state index in [4.69, 9.17) is 9.47 Å². The normalized spacial score (nSPS) is 10.8. The van der Waals surface area contributed by atoms with Gasteiger partial charge in [0.15, 0.2) is 0 Å². The van der Waals surface area contributed by atoms with Crippen molar-refractivity contribution < 1.29 is 9.47 Å². The van der Waals surface area contributed by atoms with Gasteiger partial charge in [0.1, 0.15) is 0 Å². The highest BCUT2D eigenvalue weighted by molar-refractivity contribution is 4.45. The maximum Gasteiger partial charge on any atom is 0.0590 e. The average molecular weight is 217 g/mol. The predicted octanol–water partition coefficient (Wildman–Crippen LogP) is 2.21. The Kier molecular flexibility index (Phi) is 13.8. The van der Waals surface area contributed by atoms with Crippen LogP contribution in [-0.4, -0.2) is 39.5 Å². The fourth-order valence-corrected chi connectivity index (χ4v) is 1.11. The van der Waals surface area contributed by atoms with Crippen molar-refractivity contribution in [2.75, 3.05) is 39.5 Å². The molecule has 0 spiro atoms. The molecule has 0 aliphatic rings. The second-order valence-electron chi connectivity index (χ2n) is 3.68. The molecular formula is C12H27NO2. The van der Waals surface area contributed by atoms with Gasteiger partial charge in [0.25, 0.3) is 0 Å². The van der Waals surface area contributed by atoms with E-state index in [-0.39, 0.29) is 0 Å². The third kappa shape index (κ3) is 13.9. The van der Waals surface area contributed by atoms with E-state index in [0.29, 0.717) is 0 Å². The Morgan fingerprint density at radius 3 is 1.60 bits per heavy atom. The van der Waals surface area contributed by atoms with Crippen LogP contribution < -0.4 is 5.32 Å². The van der Waals surface area contributed by atoms with Gasteiger partial charge in [0.2, 0.25) is 0 Å². The number of nitrogens with one attached hydrogen (secondary N) is 1. The molecule has 0 saturated carbocycles. The molecule has 92 valence electrons. The fraction of sp³-hybridized carbons (Fsp3) is 1.00. The highest BCUT2D eigenvalue weighted by Gasteiger charge is 1.90. The van der Waals surface area contributed by atoms with Crippen molar-refractivity contribution >= 4 is 0 Å². The second-order valence-corrected chi connectivity index (χ2v) is 3.68. The van der Waals surface area contributed by atoms with Gasteiger partial charge in [0.05, 0.1) is 13.2 Å². The Morgan fingerprint density at radius 2 is 1.20 bits per heavy atom. The molecule has 0 aromatic rings. The third-order valence-electron chi connectivity index (χ3n) is 2.13. The molecule has 0 fully saturated rings. The van der Waals surface area contributed by atoms with E-state index in [2.05, 4.69) is 19.2 Å². The van der Waals surface area contributed by atoms with Gasteiger partial charge in [-0.2, -0.15) is 0 Å². The molecule has 0 atom stereocenters. The van der Waals surface area contributed by atoms with E-state index >= 15 is 0 Å². The summed E-state index contributed by atoms with van der Waals surface area (Å²) in [6.07, 6.45) is 4.75. The summed E-state index contributed by atoms with van der Waals surface area (Å²) in [6, 6.07) is 0. The van der Waals surface area contributed by atoms with Crippen molar-refractivity contribution in [3.05, 3.63) is 0 Å². The van der Waals surface area contributed by atoms with E-state index in [9.17, 15) is 0 Å². The summed E-state index contributed by atoms with van der Waals surface area (Å²) in [5.74, 6) is 0. The number of hydrogen-bond donors (Lipinski definition) is 1. The number of rotatable bonds is 12. The molecule has 0 saturated heterocycles. The SMILES string of the molecule is CCCCOCCNCCOCCCC. The maximum atomic E-state index is 5.42. The molecule has 3 heteroatoms. The number of ether oxygens (including phenoxy) is 2. The third-order valence-corrected chi connectivity index (χ3v) is 2.13. The molecule has 0 aliphatic carbocycles. The van der Waals surface area contributed by atoms with Gasteiger partial charge in [-0.1, -0.05) is 26.7 Å². The lowest BCUT2D eigenvalue weighted by atomic mass is 10.4. The van der Waals surface area contributed by atoms with E-state index in [1.54, 1.807) is 0 Å². The van der Waals surface area contributed by atoms with E-state index in [0.717, 1.165) is 39.5 Å².